The zero-order valence-corrected chi connectivity index (χ0v) is 8.43. The molecule has 0 atom stereocenters. The molecule has 0 radical (unpaired) electrons. The van der Waals surface area contributed by atoms with Crippen molar-refractivity contribution in [3.8, 4) is 5.75 Å². The van der Waals surface area contributed by atoms with Gasteiger partial charge in [-0.1, -0.05) is 0 Å². The first kappa shape index (κ1) is 11.7. The normalized spacial score (nSPS) is 11.9. The van der Waals surface area contributed by atoms with Crippen molar-refractivity contribution in [1.29, 1.82) is 0 Å². The van der Waals surface area contributed by atoms with E-state index in [1.165, 1.54) is 6.07 Å². The van der Waals surface area contributed by atoms with Crippen LogP contribution in [0, 0.1) is 0 Å². The Balaban J connectivity index is 2.98. The molecule has 15 heavy (non-hydrogen) atoms. The van der Waals surface area contributed by atoms with Crippen molar-refractivity contribution in [1.82, 2.24) is 0 Å². The molecule has 0 saturated carbocycles. The smallest absolute Gasteiger partial charge is 0.416 e. The van der Waals surface area contributed by atoms with Gasteiger partial charge in [0.25, 0.3) is 0 Å². The highest BCUT2D eigenvalue weighted by atomic mass is 19.4. The summed E-state index contributed by atoms with van der Waals surface area (Å²) in [6, 6.07) is 3.06. The quantitative estimate of drug-likeness (QED) is 0.776. The van der Waals surface area contributed by atoms with Crippen LogP contribution in [0.15, 0.2) is 18.2 Å². The molecule has 1 aromatic carbocycles. The highest BCUT2D eigenvalue weighted by molar-refractivity contribution is 5.54. The fraction of sp³-hybridized carbons (Fsp3) is 0.400. The number of alkyl halides is 3. The second-order valence-corrected chi connectivity index (χ2v) is 3.42. The molecule has 0 aliphatic carbocycles. The second-order valence-electron chi connectivity index (χ2n) is 3.42. The van der Waals surface area contributed by atoms with Gasteiger partial charge in [0, 0.05) is 0 Å². The monoisotopic (exact) mass is 219 g/mol. The van der Waals surface area contributed by atoms with E-state index in [1.807, 2.05) is 0 Å². The molecule has 0 aliphatic heterocycles. The number of ether oxygens (including phenoxy) is 1. The largest absolute Gasteiger partial charge is 0.489 e. The summed E-state index contributed by atoms with van der Waals surface area (Å²) < 4.78 is 42.0. The molecular formula is C10H12F3NO. The van der Waals surface area contributed by atoms with E-state index < -0.39 is 11.7 Å². The molecule has 2 nitrogen and oxygen atoms in total. The molecule has 0 fully saturated rings. The predicted octanol–water partition coefficient (Wildman–Crippen LogP) is 3.07. The Morgan fingerprint density at radius 1 is 1.27 bits per heavy atom. The van der Waals surface area contributed by atoms with Gasteiger partial charge in [-0.25, -0.2) is 0 Å². The van der Waals surface area contributed by atoms with Crippen LogP contribution in [0.1, 0.15) is 19.4 Å². The van der Waals surface area contributed by atoms with E-state index >= 15 is 0 Å². The maximum absolute atomic E-state index is 12.3. The van der Waals surface area contributed by atoms with Crippen LogP contribution in [0.4, 0.5) is 18.9 Å². The molecule has 5 heteroatoms. The van der Waals surface area contributed by atoms with Gasteiger partial charge in [0.1, 0.15) is 5.75 Å². The topological polar surface area (TPSA) is 35.2 Å². The lowest BCUT2D eigenvalue weighted by Gasteiger charge is -2.14. The van der Waals surface area contributed by atoms with E-state index in [-0.39, 0.29) is 17.5 Å². The van der Waals surface area contributed by atoms with Gasteiger partial charge in [-0.05, 0) is 32.0 Å². The lowest BCUT2D eigenvalue weighted by Crippen LogP contribution is -2.10. The van der Waals surface area contributed by atoms with Gasteiger partial charge >= 0.3 is 6.18 Å². The first-order chi connectivity index (χ1) is 6.80. The van der Waals surface area contributed by atoms with Crippen molar-refractivity contribution >= 4 is 5.69 Å². The average Bonchev–Trinajstić information content (AvgIpc) is 2.05. The Bertz CT molecular complexity index is 347. The minimum Gasteiger partial charge on any atom is -0.489 e. The third-order valence-corrected chi connectivity index (χ3v) is 1.70. The molecule has 0 spiro atoms. The predicted molar refractivity (Wildman–Crippen MR) is 51.6 cm³/mol. The molecule has 0 unspecified atom stereocenters. The standard InChI is InChI=1S/C10H12F3NO/c1-6(2)15-9-4-3-7(5-8(9)14)10(11,12)13/h3-6H,14H2,1-2H3. The van der Waals surface area contributed by atoms with Gasteiger partial charge in [-0.15, -0.1) is 0 Å². The second kappa shape index (κ2) is 4.00. The lowest BCUT2D eigenvalue weighted by molar-refractivity contribution is -0.137. The first-order valence-corrected chi connectivity index (χ1v) is 4.44. The number of hydrogen-bond acceptors (Lipinski definition) is 2. The number of halogens is 3. The fourth-order valence-electron chi connectivity index (χ4n) is 1.09. The molecule has 1 aromatic rings. The number of rotatable bonds is 2. The van der Waals surface area contributed by atoms with E-state index in [2.05, 4.69) is 0 Å². The summed E-state index contributed by atoms with van der Waals surface area (Å²) in [5.74, 6) is 0.276. The summed E-state index contributed by atoms with van der Waals surface area (Å²) in [6.45, 7) is 3.55. The van der Waals surface area contributed by atoms with Gasteiger partial charge < -0.3 is 10.5 Å². The Morgan fingerprint density at radius 2 is 1.87 bits per heavy atom. The lowest BCUT2D eigenvalue weighted by atomic mass is 10.2. The Labute approximate surface area is 85.8 Å². The van der Waals surface area contributed by atoms with Gasteiger partial charge in [0.15, 0.2) is 0 Å². The minimum atomic E-state index is -4.37. The average molecular weight is 219 g/mol. The molecule has 0 saturated heterocycles. The molecule has 1 rings (SSSR count). The zero-order chi connectivity index (χ0) is 11.6. The summed E-state index contributed by atoms with van der Waals surface area (Å²) in [5.41, 5.74) is 4.67. The third kappa shape index (κ3) is 3.04. The molecule has 0 amide bonds. The zero-order valence-electron chi connectivity index (χ0n) is 8.43. The van der Waals surface area contributed by atoms with Crippen molar-refractivity contribution in [2.45, 2.75) is 26.1 Å². The molecule has 84 valence electrons. The van der Waals surface area contributed by atoms with E-state index in [1.54, 1.807) is 13.8 Å². The number of hydrogen-bond donors (Lipinski definition) is 1. The van der Waals surface area contributed by atoms with Crippen LogP contribution < -0.4 is 10.5 Å². The maximum atomic E-state index is 12.3. The highest BCUT2D eigenvalue weighted by Gasteiger charge is 2.30. The molecule has 0 heterocycles. The summed E-state index contributed by atoms with van der Waals surface area (Å²) in [6.07, 6.45) is -4.49. The van der Waals surface area contributed by atoms with E-state index in [9.17, 15) is 13.2 Å². The van der Waals surface area contributed by atoms with Crippen LogP contribution in [0.2, 0.25) is 0 Å². The number of nitrogens with two attached hydrogens (primary N) is 1. The number of anilines is 1. The van der Waals surface area contributed by atoms with Crippen LogP contribution in [-0.4, -0.2) is 6.10 Å². The van der Waals surface area contributed by atoms with Crippen molar-refractivity contribution in [3.05, 3.63) is 23.8 Å². The molecule has 0 bridgehead atoms. The number of nitrogen functional groups attached to an aromatic ring is 1. The molecular weight excluding hydrogens is 207 g/mol. The summed E-state index contributed by atoms with van der Waals surface area (Å²) in [7, 11) is 0. The summed E-state index contributed by atoms with van der Waals surface area (Å²) >= 11 is 0. The van der Waals surface area contributed by atoms with Gasteiger partial charge in [0.2, 0.25) is 0 Å². The van der Waals surface area contributed by atoms with Crippen LogP contribution in [0.3, 0.4) is 0 Å². The molecule has 0 aliphatic rings. The van der Waals surface area contributed by atoms with Gasteiger partial charge in [0.05, 0.1) is 17.4 Å². The third-order valence-electron chi connectivity index (χ3n) is 1.70. The van der Waals surface area contributed by atoms with Crippen LogP contribution in [0.5, 0.6) is 5.75 Å². The van der Waals surface area contributed by atoms with Crippen molar-refractivity contribution < 1.29 is 17.9 Å². The van der Waals surface area contributed by atoms with E-state index in [0.717, 1.165) is 12.1 Å². The van der Waals surface area contributed by atoms with Crippen LogP contribution in [-0.2, 0) is 6.18 Å². The SMILES string of the molecule is CC(C)Oc1ccc(C(F)(F)F)cc1N. The maximum Gasteiger partial charge on any atom is 0.416 e. The molecule has 0 aromatic heterocycles. The van der Waals surface area contributed by atoms with Gasteiger partial charge in [-0.2, -0.15) is 13.2 Å². The molecule has 2 N–H and O–H groups in total. The van der Waals surface area contributed by atoms with Crippen molar-refractivity contribution in [3.63, 3.8) is 0 Å². The van der Waals surface area contributed by atoms with E-state index in [0.29, 0.717) is 0 Å². The van der Waals surface area contributed by atoms with Crippen LogP contribution >= 0.6 is 0 Å². The van der Waals surface area contributed by atoms with E-state index in [4.69, 9.17) is 10.5 Å². The van der Waals surface area contributed by atoms with Crippen LogP contribution in [0.25, 0.3) is 0 Å². The Kier molecular flexibility index (Phi) is 3.12. The summed E-state index contributed by atoms with van der Waals surface area (Å²) in [4.78, 5) is 0. The van der Waals surface area contributed by atoms with Gasteiger partial charge in [-0.3, -0.25) is 0 Å². The Hall–Kier alpha value is -1.39. The highest BCUT2D eigenvalue weighted by Crippen LogP contribution is 2.33. The van der Waals surface area contributed by atoms with Crippen molar-refractivity contribution in [2.75, 3.05) is 5.73 Å². The first-order valence-electron chi connectivity index (χ1n) is 4.44. The fourth-order valence-corrected chi connectivity index (χ4v) is 1.09. The Morgan fingerprint density at radius 3 is 2.27 bits per heavy atom. The minimum absolute atomic E-state index is 0.00137. The summed E-state index contributed by atoms with van der Waals surface area (Å²) in [5, 5.41) is 0. The van der Waals surface area contributed by atoms with Crippen molar-refractivity contribution in [2.24, 2.45) is 0 Å². The number of benzene rings is 1.